The Hall–Kier alpha value is -2.06. The van der Waals surface area contributed by atoms with Crippen molar-refractivity contribution in [1.82, 2.24) is 0 Å². The Balaban J connectivity index is 0.000000316. The first-order valence-corrected chi connectivity index (χ1v) is 6.22. The van der Waals surface area contributed by atoms with Crippen LogP contribution in [-0.4, -0.2) is 11.1 Å². The molecule has 2 aromatic carbocycles. The Bertz CT molecular complexity index is 412. The number of aromatic hydroxyl groups is 1. The Morgan fingerprint density at radius 1 is 0.947 bits per heavy atom. The van der Waals surface area contributed by atoms with Gasteiger partial charge in [-0.05, 0) is 31.0 Å². The van der Waals surface area contributed by atoms with E-state index < -0.39 is 0 Å². The highest BCUT2D eigenvalue weighted by Crippen LogP contribution is 2.02. The topological polar surface area (TPSA) is 46.2 Å². The molecule has 0 aliphatic heterocycles. The smallest absolute Gasteiger partial charge is 0.115 e. The van der Waals surface area contributed by atoms with Crippen LogP contribution < -0.4 is 5.73 Å². The first kappa shape index (κ1) is 16.9. The average molecular weight is 257 g/mol. The Labute approximate surface area is 116 Å². The van der Waals surface area contributed by atoms with Crippen molar-refractivity contribution < 1.29 is 5.11 Å². The van der Waals surface area contributed by atoms with Crippen molar-refractivity contribution in [2.24, 2.45) is 5.73 Å². The second kappa shape index (κ2) is 11.1. The highest BCUT2D eigenvalue weighted by Gasteiger charge is 1.94. The van der Waals surface area contributed by atoms with E-state index in [1.54, 1.807) is 24.3 Å². The number of benzene rings is 2. The number of phenols is 1. The molecule has 0 amide bonds. The lowest BCUT2D eigenvalue weighted by Crippen LogP contribution is -2.17. The first-order chi connectivity index (χ1) is 9.18. The van der Waals surface area contributed by atoms with Gasteiger partial charge in [-0.3, -0.25) is 0 Å². The van der Waals surface area contributed by atoms with Crippen molar-refractivity contribution in [3.8, 4) is 5.75 Å². The zero-order chi connectivity index (χ0) is 14.5. The number of hydrogen-bond donors (Lipinski definition) is 2. The number of hydrogen-bond acceptors (Lipinski definition) is 2. The molecule has 1 unspecified atom stereocenters. The van der Waals surface area contributed by atoms with Crippen LogP contribution in [0.2, 0.25) is 0 Å². The third-order valence-corrected chi connectivity index (χ3v) is 2.16. The lowest BCUT2D eigenvalue weighted by atomic mass is 10.1. The molecule has 0 aliphatic rings. The van der Waals surface area contributed by atoms with Crippen molar-refractivity contribution in [3.63, 3.8) is 0 Å². The molecule has 2 heteroatoms. The zero-order valence-electron chi connectivity index (χ0n) is 11.5. The van der Waals surface area contributed by atoms with E-state index in [2.05, 4.69) is 25.3 Å². The molecule has 0 aromatic heterocycles. The SMILES string of the molecule is C=C.CC(N)Cc1ccccc1.Oc1ccccc1. The van der Waals surface area contributed by atoms with Crippen molar-refractivity contribution in [3.05, 3.63) is 79.4 Å². The lowest BCUT2D eigenvalue weighted by Gasteiger charge is -2.02. The van der Waals surface area contributed by atoms with Crippen LogP contribution >= 0.6 is 0 Å². The monoisotopic (exact) mass is 257 g/mol. The minimum atomic E-state index is 0.266. The number of phenolic OH excluding ortho intramolecular Hbond substituents is 1. The molecular weight excluding hydrogens is 234 g/mol. The van der Waals surface area contributed by atoms with E-state index in [-0.39, 0.29) is 6.04 Å². The molecule has 0 radical (unpaired) electrons. The summed E-state index contributed by atoms with van der Waals surface area (Å²) in [6, 6.07) is 19.3. The van der Waals surface area contributed by atoms with E-state index in [9.17, 15) is 0 Å². The number of nitrogens with two attached hydrogens (primary N) is 1. The summed E-state index contributed by atoms with van der Waals surface area (Å²) in [6.45, 7) is 8.02. The van der Waals surface area contributed by atoms with E-state index in [1.807, 2.05) is 31.2 Å². The summed E-state index contributed by atoms with van der Waals surface area (Å²) in [5.41, 5.74) is 6.94. The summed E-state index contributed by atoms with van der Waals surface area (Å²) < 4.78 is 0. The second-order valence-electron chi connectivity index (χ2n) is 4.00. The summed E-state index contributed by atoms with van der Waals surface area (Å²) in [4.78, 5) is 0. The van der Waals surface area contributed by atoms with Gasteiger partial charge in [-0.15, -0.1) is 13.2 Å². The van der Waals surface area contributed by atoms with Gasteiger partial charge in [0.15, 0.2) is 0 Å². The highest BCUT2D eigenvalue weighted by molar-refractivity contribution is 5.18. The van der Waals surface area contributed by atoms with Gasteiger partial charge in [-0.1, -0.05) is 48.5 Å². The summed E-state index contributed by atoms with van der Waals surface area (Å²) in [5.74, 6) is 0.322. The fourth-order valence-electron chi connectivity index (χ4n) is 1.41. The van der Waals surface area contributed by atoms with E-state index in [4.69, 9.17) is 10.8 Å². The molecule has 3 N–H and O–H groups in total. The summed E-state index contributed by atoms with van der Waals surface area (Å²) in [7, 11) is 0. The van der Waals surface area contributed by atoms with Gasteiger partial charge < -0.3 is 10.8 Å². The molecule has 2 aromatic rings. The number of para-hydroxylation sites is 1. The molecule has 0 aliphatic carbocycles. The Morgan fingerprint density at radius 3 is 1.68 bits per heavy atom. The lowest BCUT2D eigenvalue weighted by molar-refractivity contribution is 0.475. The maximum atomic E-state index is 8.63. The molecule has 2 rings (SSSR count). The van der Waals surface area contributed by atoms with Crippen LogP contribution in [0.5, 0.6) is 5.75 Å². The molecule has 0 heterocycles. The van der Waals surface area contributed by atoms with Crippen LogP contribution in [0.4, 0.5) is 0 Å². The van der Waals surface area contributed by atoms with Gasteiger partial charge in [0.2, 0.25) is 0 Å². The van der Waals surface area contributed by atoms with Gasteiger partial charge in [-0.25, -0.2) is 0 Å². The molecule has 102 valence electrons. The van der Waals surface area contributed by atoms with Crippen molar-refractivity contribution in [2.45, 2.75) is 19.4 Å². The van der Waals surface area contributed by atoms with Gasteiger partial charge in [0.1, 0.15) is 5.75 Å². The van der Waals surface area contributed by atoms with Gasteiger partial charge in [0.25, 0.3) is 0 Å². The summed E-state index contributed by atoms with van der Waals surface area (Å²) in [5, 5.41) is 8.63. The van der Waals surface area contributed by atoms with Crippen LogP contribution in [0, 0.1) is 0 Å². The Kier molecular flexibility index (Phi) is 9.86. The fourth-order valence-corrected chi connectivity index (χ4v) is 1.41. The van der Waals surface area contributed by atoms with Gasteiger partial charge >= 0.3 is 0 Å². The van der Waals surface area contributed by atoms with Gasteiger partial charge in [0, 0.05) is 6.04 Å². The van der Waals surface area contributed by atoms with Gasteiger partial charge in [0.05, 0.1) is 0 Å². The quantitative estimate of drug-likeness (QED) is 0.804. The van der Waals surface area contributed by atoms with Crippen LogP contribution in [0.15, 0.2) is 73.8 Å². The molecular formula is C17H23NO. The highest BCUT2D eigenvalue weighted by atomic mass is 16.3. The van der Waals surface area contributed by atoms with Crippen LogP contribution in [0.1, 0.15) is 12.5 Å². The molecule has 0 fully saturated rings. The molecule has 0 bridgehead atoms. The van der Waals surface area contributed by atoms with Crippen molar-refractivity contribution in [2.75, 3.05) is 0 Å². The van der Waals surface area contributed by atoms with Gasteiger partial charge in [-0.2, -0.15) is 0 Å². The van der Waals surface area contributed by atoms with E-state index in [0.717, 1.165) is 6.42 Å². The summed E-state index contributed by atoms with van der Waals surface area (Å²) >= 11 is 0. The van der Waals surface area contributed by atoms with Crippen LogP contribution in [0.3, 0.4) is 0 Å². The van der Waals surface area contributed by atoms with E-state index >= 15 is 0 Å². The van der Waals surface area contributed by atoms with E-state index in [0.29, 0.717) is 5.75 Å². The normalized spacial score (nSPS) is 10.2. The van der Waals surface area contributed by atoms with Crippen LogP contribution in [0.25, 0.3) is 0 Å². The molecule has 0 saturated carbocycles. The third-order valence-electron chi connectivity index (χ3n) is 2.16. The first-order valence-electron chi connectivity index (χ1n) is 6.22. The largest absolute Gasteiger partial charge is 0.508 e. The predicted octanol–water partition coefficient (Wildman–Crippen LogP) is 3.77. The minimum Gasteiger partial charge on any atom is -0.508 e. The maximum Gasteiger partial charge on any atom is 0.115 e. The number of rotatable bonds is 2. The standard InChI is InChI=1S/C9H13N.C6H6O.C2H4/c1-8(10)7-9-5-3-2-4-6-9;7-6-4-2-1-3-5-6;1-2/h2-6,8H,7,10H2,1H3;1-5,7H;1-2H2. The summed E-state index contributed by atoms with van der Waals surface area (Å²) in [6.07, 6.45) is 0.973. The van der Waals surface area contributed by atoms with Crippen molar-refractivity contribution in [1.29, 1.82) is 0 Å². The molecule has 0 spiro atoms. The molecule has 2 nitrogen and oxygen atoms in total. The second-order valence-corrected chi connectivity index (χ2v) is 4.00. The molecule has 1 atom stereocenters. The molecule has 19 heavy (non-hydrogen) atoms. The maximum absolute atomic E-state index is 8.63. The van der Waals surface area contributed by atoms with Crippen LogP contribution in [-0.2, 0) is 6.42 Å². The Morgan fingerprint density at radius 2 is 1.37 bits per heavy atom. The third kappa shape index (κ3) is 9.62. The molecule has 0 saturated heterocycles. The minimum absolute atomic E-state index is 0.266. The van der Waals surface area contributed by atoms with E-state index in [1.165, 1.54) is 5.56 Å². The average Bonchev–Trinajstić information content (AvgIpc) is 2.43. The predicted molar refractivity (Wildman–Crippen MR) is 83.2 cm³/mol. The van der Waals surface area contributed by atoms with Crippen molar-refractivity contribution >= 4 is 0 Å². The fraction of sp³-hybridized carbons (Fsp3) is 0.176. The zero-order valence-corrected chi connectivity index (χ0v) is 11.5.